The van der Waals surface area contributed by atoms with Crippen LogP contribution in [0.5, 0.6) is 0 Å². The Morgan fingerprint density at radius 1 is 0.651 bits per heavy atom. The molecule has 0 spiro atoms. The van der Waals surface area contributed by atoms with Gasteiger partial charge in [0.1, 0.15) is 0 Å². The molecule has 6 aromatic rings. The van der Waals surface area contributed by atoms with Crippen LogP contribution in [-0.2, 0) is 32.2 Å². The summed E-state index contributed by atoms with van der Waals surface area (Å²) >= 11 is 6.01. The molecule has 0 aromatic heterocycles. The fraction of sp³-hybridized carbons (Fsp3) is 0.167. The van der Waals surface area contributed by atoms with Crippen LogP contribution in [0.1, 0.15) is 30.0 Å². The third kappa shape index (κ3) is 8.42. The van der Waals surface area contributed by atoms with Gasteiger partial charge >= 0.3 is 354 Å². The number of para-hydroxylation sites is 2. The summed E-state index contributed by atoms with van der Waals surface area (Å²) in [4.78, 5) is 68.9. The number of nitro benzene ring substituents is 2. The fourth-order valence-electron chi connectivity index (χ4n) is 8.43. The van der Waals surface area contributed by atoms with Crippen molar-refractivity contribution in [2.24, 2.45) is 5.92 Å². The van der Waals surface area contributed by atoms with Gasteiger partial charge < -0.3 is 0 Å². The van der Waals surface area contributed by atoms with Gasteiger partial charge in [0, 0.05) is 0 Å². The summed E-state index contributed by atoms with van der Waals surface area (Å²) in [5.74, 6) is -1.39. The van der Waals surface area contributed by atoms with E-state index in [9.17, 15) is 25.0 Å². The molecule has 0 saturated carbocycles. The predicted octanol–water partition coefficient (Wildman–Crippen LogP) is 9.00. The van der Waals surface area contributed by atoms with Crippen LogP contribution < -0.4 is 15.9 Å². The van der Waals surface area contributed by atoms with Gasteiger partial charge in [-0.05, 0) is 0 Å². The van der Waals surface area contributed by atoms with Crippen LogP contribution in [0.25, 0.3) is 0 Å². The van der Waals surface area contributed by atoms with E-state index in [1.165, 1.54) is 36.4 Å². The maximum atomic E-state index is 16.0. The second kappa shape index (κ2) is 18.9. The molecular formula is C48H42N3O10PS. The molecule has 15 heteroatoms. The Bertz CT molecular complexity index is 2560. The van der Waals surface area contributed by atoms with E-state index < -0.39 is 65.5 Å². The molecule has 6 aromatic carbocycles. The number of thiocarbonyl (C=S) groups is 1. The Labute approximate surface area is 368 Å². The monoisotopic (exact) mass is 883 g/mol. The van der Waals surface area contributed by atoms with Crippen molar-refractivity contribution in [2.75, 3.05) is 6.29 Å². The summed E-state index contributed by atoms with van der Waals surface area (Å²) in [6, 6.07) is 47.8. The number of amides is 1. The number of nitrogens with zero attached hydrogens (tertiary/aromatic N) is 3. The Morgan fingerprint density at radius 3 is 1.52 bits per heavy atom. The minimum atomic E-state index is -4.79. The van der Waals surface area contributed by atoms with Crippen LogP contribution in [0, 0.1) is 26.1 Å². The van der Waals surface area contributed by atoms with Crippen molar-refractivity contribution < 1.29 is 38.4 Å². The third-order valence-electron chi connectivity index (χ3n) is 11.6. The van der Waals surface area contributed by atoms with E-state index in [2.05, 4.69) is 0 Å². The molecule has 1 aliphatic rings. The van der Waals surface area contributed by atoms with E-state index in [1.54, 1.807) is 24.0 Å². The van der Waals surface area contributed by atoms with Gasteiger partial charge in [-0.15, -0.1) is 0 Å². The van der Waals surface area contributed by atoms with E-state index >= 15 is 9.59 Å². The van der Waals surface area contributed by atoms with Crippen molar-refractivity contribution in [2.45, 2.75) is 38.7 Å². The van der Waals surface area contributed by atoms with Gasteiger partial charge in [-0.2, -0.15) is 0 Å². The zero-order valence-corrected chi connectivity index (χ0v) is 35.7. The maximum absolute atomic E-state index is 16.0. The van der Waals surface area contributed by atoms with E-state index in [0.29, 0.717) is 20.8 Å². The molecule has 7 rings (SSSR count). The predicted molar refractivity (Wildman–Crippen MR) is 244 cm³/mol. The van der Waals surface area contributed by atoms with Crippen LogP contribution in [0.3, 0.4) is 0 Å². The van der Waals surface area contributed by atoms with Crippen molar-refractivity contribution in [3.05, 3.63) is 207 Å². The van der Waals surface area contributed by atoms with Crippen molar-refractivity contribution in [1.82, 2.24) is 4.90 Å². The van der Waals surface area contributed by atoms with Gasteiger partial charge in [-0.1, -0.05) is 6.07 Å². The summed E-state index contributed by atoms with van der Waals surface area (Å²) in [5.41, 5.74) is -0.0199. The van der Waals surface area contributed by atoms with Gasteiger partial charge in [-0.25, -0.2) is 0 Å². The summed E-state index contributed by atoms with van der Waals surface area (Å²) in [5, 5.41) is 25.4. The molecule has 3 atom stereocenters. The van der Waals surface area contributed by atoms with E-state index in [1.807, 2.05) is 121 Å². The molecule has 0 aliphatic carbocycles. The number of nitro groups is 2. The Hall–Kier alpha value is -7.15. The van der Waals surface area contributed by atoms with Gasteiger partial charge in [0.05, 0.1) is 0 Å². The number of hydrogen-bond donors (Lipinski definition) is 0. The first-order chi connectivity index (χ1) is 30.5. The molecule has 320 valence electrons. The van der Waals surface area contributed by atoms with Crippen LogP contribution in [0.15, 0.2) is 170 Å². The second-order valence-electron chi connectivity index (χ2n) is 15.0. The molecule has 63 heavy (non-hydrogen) atoms. The molecule has 13 nitrogen and oxygen atoms in total. The van der Waals surface area contributed by atoms with Crippen molar-refractivity contribution in [3.8, 4) is 0 Å². The van der Waals surface area contributed by atoms with Gasteiger partial charge in [-0.3, -0.25) is 10.1 Å². The number of carbonyl (C=O) groups excluding carboxylic acids is 3. The standard InChI is InChI=1S/C48H42N3O10PS/c1-34(61-47(53)59-31-36-20-14-16-28-41(36)50(55)56)45-43(30-44(63)35-18-6-2-7-19-35)49(46(45)52)33-62(38-22-8-3-9-23-38,39-24-10-4-11-25-39,40-26-12-5-13-27-40)48(54)60-32-37-21-15-17-29-42(37)51(57)58/h2-29,34,43,45H,30-33H2,1H3/t34-,43+,45+/m0/s1. The van der Waals surface area contributed by atoms with Crippen LogP contribution in [-0.4, -0.2) is 55.8 Å². The van der Waals surface area contributed by atoms with Crippen LogP contribution in [0.4, 0.5) is 21.0 Å². The fourth-order valence-corrected chi connectivity index (χ4v) is 14.7. The normalized spacial score (nSPS) is 15.7. The number of hydrogen-bond acceptors (Lipinski definition) is 11. The first-order valence-corrected chi connectivity index (χ1v) is 22.8. The van der Waals surface area contributed by atoms with Crippen LogP contribution >= 0.6 is 18.8 Å². The molecule has 0 unspecified atom stereocenters. The number of carbonyl (C=O) groups is 3. The number of ether oxygens (including phenoxy) is 3. The topological polar surface area (TPSA) is 168 Å². The molecule has 0 bridgehead atoms. The SMILES string of the molecule is C[C@H](OC(=O)OCc1ccccc1[N+](=O)[O-])[C@H]1C(=O)N(CP(C(=O)OCc2ccccc2[N+](=O)[O-])(c2ccccc2)(c2ccccc2)c2ccccc2)[C@@H]1CC(=S)c1ccccc1. The number of β-lactam (4-membered cyclic amide) rings is 1. The molecular weight excluding hydrogens is 842 g/mol. The Balaban J connectivity index is 1.34. The third-order valence-corrected chi connectivity index (χ3v) is 18.1. The molecule has 1 saturated heterocycles. The quantitative estimate of drug-likeness (QED) is 0.0163. The minimum absolute atomic E-state index is 0.144. The van der Waals surface area contributed by atoms with Gasteiger partial charge in [0.15, 0.2) is 0 Å². The number of likely N-dealkylation sites (tertiary alicyclic amines) is 1. The van der Waals surface area contributed by atoms with E-state index in [-0.39, 0.29) is 35.2 Å². The molecule has 0 N–H and O–H groups in total. The van der Waals surface area contributed by atoms with Gasteiger partial charge in [0.2, 0.25) is 0 Å². The molecule has 1 heterocycles. The Kier molecular flexibility index (Phi) is 13.1. The molecule has 1 fully saturated rings. The van der Waals surface area contributed by atoms with Crippen molar-refractivity contribution >= 4 is 68.7 Å². The van der Waals surface area contributed by atoms with Gasteiger partial charge in [0.25, 0.3) is 0 Å². The zero-order valence-electron chi connectivity index (χ0n) is 34.0. The molecule has 1 amide bonds. The van der Waals surface area contributed by atoms with E-state index in [0.717, 1.165) is 5.56 Å². The first kappa shape index (κ1) is 43.9. The number of benzene rings is 6. The first-order valence-electron chi connectivity index (χ1n) is 20.0. The van der Waals surface area contributed by atoms with Crippen molar-refractivity contribution in [1.29, 1.82) is 0 Å². The second-order valence-corrected chi connectivity index (χ2v) is 20.3. The van der Waals surface area contributed by atoms with Crippen molar-refractivity contribution in [3.63, 3.8) is 0 Å². The molecule has 1 aliphatic heterocycles. The average molecular weight is 884 g/mol. The molecule has 0 radical (unpaired) electrons. The summed E-state index contributed by atoms with van der Waals surface area (Å²) < 4.78 is 17.4. The average Bonchev–Trinajstić information content (AvgIpc) is 3.31. The Morgan fingerprint density at radius 2 is 1.06 bits per heavy atom. The zero-order chi connectivity index (χ0) is 44.6. The summed E-state index contributed by atoms with van der Waals surface area (Å²) in [7, 11) is 0. The van der Waals surface area contributed by atoms with E-state index in [4.69, 9.17) is 26.4 Å². The van der Waals surface area contributed by atoms with Crippen LogP contribution in [0.2, 0.25) is 0 Å². The summed E-state index contributed by atoms with van der Waals surface area (Å²) in [6.07, 6.45) is -2.26. The summed E-state index contributed by atoms with van der Waals surface area (Å²) in [6.45, 7) is -4.10. The number of rotatable bonds is 17.